The van der Waals surface area contributed by atoms with Crippen LogP contribution in [-0.2, 0) is 0 Å². The fraction of sp³-hybridized carbons (Fsp3) is 0.556. The summed E-state index contributed by atoms with van der Waals surface area (Å²) in [5.74, 6) is 0.200. The largest absolute Gasteiger partial charge is 0.409 e. The summed E-state index contributed by atoms with van der Waals surface area (Å²) in [6.45, 7) is 3.86. The molecule has 0 aliphatic rings. The van der Waals surface area contributed by atoms with E-state index in [0.717, 1.165) is 12.1 Å². The maximum absolute atomic E-state index is 8.49. The van der Waals surface area contributed by atoms with E-state index in [4.69, 9.17) is 22.5 Å². The fourth-order valence-corrected chi connectivity index (χ4v) is 1.49. The summed E-state index contributed by atoms with van der Waals surface area (Å²) in [4.78, 5) is 0. The molecule has 15 heavy (non-hydrogen) atoms. The average Bonchev–Trinajstić information content (AvgIpc) is 2.55. The zero-order valence-electron chi connectivity index (χ0n) is 8.81. The third-order valence-electron chi connectivity index (χ3n) is 2.28. The van der Waals surface area contributed by atoms with E-state index in [1.54, 1.807) is 10.9 Å². The van der Waals surface area contributed by atoms with Crippen LogP contribution < -0.4 is 5.73 Å². The Balaban J connectivity index is 2.83. The first kappa shape index (κ1) is 11.8. The number of nitrogens with zero attached hydrogens (tertiary/aromatic N) is 3. The van der Waals surface area contributed by atoms with Gasteiger partial charge in [0.1, 0.15) is 5.84 Å². The van der Waals surface area contributed by atoms with Crippen molar-refractivity contribution in [2.45, 2.75) is 32.7 Å². The second-order valence-corrected chi connectivity index (χ2v) is 3.81. The molecule has 1 atom stereocenters. The molecule has 1 aromatic heterocycles. The zero-order chi connectivity index (χ0) is 11.4. The minimum absolute atomic E-state index is 0.0760. The summed E-state index contributed by atoms with van der Waals surface area (Å²) >= 11 is 5.91. The van der Waals surface area contributed by atoms with Crippen molar-refractivity contribution in [3.8, 4) is 0 Å². The van der Waals surface area contributed by atoms with Crippen molar-refractivity contribution < 1.29 is 5.21 Å². The van der Waals surface area contributed by atoms with Gasteiger partial charge in [-0.05, 0) is 13.3 Å². The third-order valence-corrected chi connectivity index (χ3v) is 2.65. The topological polar surface area (TPSA) is 76.4 Å². The van der Waals surface area contributed by atoms with Gasteiger partial charge >= 0.3 is 0 Å². The summed E-state index contributed by atoms with van der Waals surface area (Å²) < 4.78 is 1.76. The van der Waals surface area contributed by atoms with E-state index in [9.17, 15) is 0 Å². The van der Waals surface area contributed by atoms with Crippen LogP contribution in [0.15, 0.2) is 11.4 Å². The van der Waals surface area contributed by atoms with E-state index in [2.05, 4.69) is 10.3 Å². The fourth-order valence-electron chi connectivity index (χ4n) is 1.35. The Labute approximate surface area is 93.5 Å². The van der Waals surface area contributed by atoms with Gasteiger partial charge < -0.3 is 10.9 Å². The van der Waals surface area contributed by atoms with Crippen LogP contribution in [0.25, 0.3) is 0 Å². The number of aryl methyl sites for hydroxylation is 1. The van der Waals surface area contributed by atoms with Gasteiger partial charge in [-0.2, -0.15) is 5.10 Å². The first-order chi connectivity index (χ1) is 7.08. The molecular weight excluding hydrogens is 216 g/mol. The van der Waals surface area contributed by atoms with Crippen molar-refractivity contribution >= 4 is 17.4 Å². The first-order valence-electron chi connectivity index (χ1n) is 4.76. The number of hydrogen-bond donors (Lipinski definition) is 2. The Hall–Kier alpha value is -1.23. The van der Waals surface area contributed by atoms with Crippen LogP contribution >= 0.6 is 11.6 Å². The molecule has 6 heteroatoms. The Morgan fingerprint density at radius 1 is 1.80 bits per heavy atom. The van der Waals surface area contributed by atoms with Crippen LogP contribution in [0, 0.1) is 6.92 Å². The lowest BCUT2D eigenvalue weighted by molar-refractivity contribution is 0.314. The van der Waals surface area contributed by atoms with Gasteiger partial charge in [0.25, 0.3) is 0 Å². The van der Waals surface area contributed by atoms with Gasteiger partial charge in [-0.25, -0.2) is 0 Å². The van der Waals surface area contributed by atoms with Crippen molar-refractivity contribution in [3.05, 3.63) is 16.9 Å². The predicted molar refractivity (Wildman–Crippen MR) is 59.3 cm³/mol. The van der Waals surface area contributed by atoms with Gasteiger partial charge in [0, 0.05) is 12.6 Å². The average molecular weight is 231 g/mol. The van der Waals surface area contributed by atoms with Crippen LogP contribution in [0.4, 0.5) is 0 Å². The second kappa shape index (κ2) is 5.02. The summed E-state index contributed by atoms with van der Waals surface area (Å²) in [6.07, 6.45) is 3.06. The number of hydrogen-bond acceptors (Lipinski definition) is 3. The van der Waals surface area contributed by atoms with E-state index in [-0.39, 0.29) is 11.9 Å². The normalized spacial score (nSPS) is 14.2. The van der Waals surface area contributed by atoms with Crippen molar-refractivity contribution in [3.63, 3.8) is 0 Å². The molecule has 1 heterocycles. The van der Waals surface area contributed by atoms with E-state index in [0.29, 0.717) is 11.4 Å². The minimum atomic E-state index is 0.0760. The van der Waals surface area contributed by atoms with Crippen LogP contribution in [0.1, 0.15) is 31.5 Å². The summed E-state index contributed by atoms with van der Waals surface area (Å²) in [6, 6.07) is 0.0760. The third kappa shape index (κ3) is 2.86. The van der Waals surface area contributed by atoms with Gasteiger partial charge in [0.15, 0.2) is 0 Å². The summed E-state index contributed by atoms with van der Waals surface area (Å²) in [5, 5.41) is 16.3. The molecule has 84 valence electrons. The highest BCUT2D eigenvalue weighted by molar-refractivity contribution is 6.31. The standard InChI is InChI=1S/C9H15ClN4O/c1-3-7(4-9(11)13-15)14-5-8(10)6(2)12-14/h5,7,15H,3-4H2,1-2H3,(H2,11,13). The monoisotopic (exact) mass is 230 g/mol. The number of oxime groups is 1. The van der Waals surface area contributed by atoms with E-state index < -0.39 is 0 Å². The minimum Gasteiger partial charge on any atom is -0.409 e. The molecule has 0 fully saturated rings. The highest BCUT2D eigenvalue weighted by Crippen LogP contribution is 2.20. The van der Waals surface area contributed by atoms with Crippen LogP contribution in [0.2, 0.25) is 5.02 Å². The lowest BCUT2D eigenvalue weighted by atomic mass is 10.1. The smallest absolute Gasteiger partial charge is 0.141 e. The number of halogens is 1. The molecule has 1 rings (SSSR count). The molecule has 0 aromatic carbocycles. The number of aromatic nitrogens is 2. The van der Waals surface area contributed by atoms with Gasteiger partial charge in [0.05, 0.1) is 16.8 Å². The maximum Gasteiger partial charge on any atom is 0.141 e. The zero-order valence-corrected chi connectivity index (χ0v) is 9.57. The Kier molecular flexibility index (Phi) is 3.96. The molecule has 5 nitrogen and oxygen atoms in total. The van der Waals surface area contributed by atoms with Crippen LogP contribution in [-0.4, -0.2) is 20.8 Å². The molecule has 0 saturated heterocycles. The molecule has 0 bridgehead atoms. The molecule has 0 aliphatic heterocycles. The van der Waals surface area contributed by atoms with Gasteiger partial charge in [-0.1, -0.05) is 23.7 Å². The molecule has 0 radical (unpaired) electrons. The van der Waals surface area contributed by atoms with Crippen molar-refractivity contribution in [1.82, 2.24) is 9.78 Å². The molecular formula is C9H15ClN4O. The molecule has 1 unspecified atom stereocenters. The van der Waals surface area contributed by atoms with Gasteiger partial charge in [-0.15, -0.1) is 0 Å². The molecule has 0 aliphatic carbocycles. The van der Waals surface area contributed by atoms with Crippen molar-refractivity contribution in [2.24, 2.45) is 10.9 Å². The van der Waals surface area contributed by atoms with Crippen LogP contribution in [0.5, 0.6) is 0 Å². The lowest BCUT2D eigenvalue weighted by Crippen LogP contribution is -2.20. The first-order valence-corrected chi connectivity index (χ1v) is 5.14. The molecule has 3 N–H and O–H groups in total. The van der Waals surface area contributed by atoms with Crippen LogP contribution in [0.3, 0.4) is 0 Å². The molecule has 0 amide bonds. The van der Waals surface area contributed by atoms with E-state index in [1.165, 1.54) is 0 Å². The van der Waals surface area contributed by atoms with Crippen molar-refractivity contribution in [2.75, 3.05) is 0 Å². The summed E-state index contributed by atoms with van der Waals surface area (Å²) in [7, 11) is 0. The SMILES string of the molecule is CCC(CC(N)=NO)n1cc(Cl)c(C)n1. The maximum atomic E-state index is 8.49. The van der Waals surface area contributed by atoms with E-state index in [1.807, 2.05) is 13.8 Å². The van der Waals surface area contributed by atoms with E-state index >= 15 is 0 Å². The molecule has 0 spiro atoms. The second-order valence-electron chi connectivity index (χ2n) is 3.40. The quantitative estimate of drug-likeness (QED) is 0.359. The number of rotatable bonds is 4. The highest BCUT2D eigenvalue weighted by atomic mass is 35.5. The Bertz CT molecular complexity index is 341. The lowest BCUT2D eigenvalue weighted by Gasteiger charge is -2.14. The molecule has 1 aromatic rings. The Morgan fingerprint density at radius 3 is 2.87 bits per heavy atom. The number of amidine groups is 1. The predicted octanol–water partition coefficient (Wildman–Crippen LogP) is 1.93. The van der Waals surface area contributed by atoms with Gasteiger partial charge in [0.2, 0.25) is 0 Å². The Morgan fingerprint density at radius 2 is 2.47 bits per heavy atom. The van der Waals surface area contributed by atoms with Crippen molar-refractivity contribution in [1.29, 1.82) is 0 Å². The number of nitrogens with two attached hydrogens (primary N) is 1. The molecule has 0 saturated carbocycles. The summed E-state index contributed by atoms with van der Waals surface area (Å²) in [5.41, 5.74) is 6.24. The van der Waals surface area contributed by atoms with Gasteiger partial charge in [-0.3, -0.25) is 4.68 Å². The highest BCUT2D eigenvalue weighted by Gasteiger charge is 2.13.